The Kier molecular flexibility index (Phi) is 9.27. The molecule has 4 nitrogen and oxygen atoms in total. The summed E-state index contributed by atoms with van der Waals surface area (Å²) in [7, 11) is 0. The highest BCUT2D eigenvalue weighted by molar-refractivity contribution is 5.64. The molecule has 0 bridgehead atoms. The number of hydrogen-bond acceptors (Lipinski definition) is 2. The first-order valence-electron chi connectivity index (χ1n) is 5.89. The Labute approximate surface area is 92.2 Å². The van der Waals surface area contributed by atoms with Gasteiger partial charge >= 0.3 is 6.09 Å². The third kappa shape index (κ3) is 11.2. The number of carbonyl (C=O) groups is 1. The number of nitrogens with two attached hydrogens (primary N) is 1. The van der Waals surface area contributed by atoms with E-state index in [1.807, 2.05) is 0 Å². The lowest BCUT2D eigenvalue weighted by Crippen LogP contribution is -2.29. The molecule has 1 amide bonds. The molecule has 1 atom stereocenters. The van der Waals surface area contributed by atoms with Gasteiger partial charge < -0.3 is 16.2 Å². The summed E-state index contributed by atoms with van der Waals surface area (Å²) in [4.78, 5) is 10.2. The minimum Gasteiger partial charge on any atom is -0.465 e. The summed E-state index contributed by atoms with van der Waals surface area (Å²) in [6.45, 7) is 2.66. The number of amides is 1. The van der Waals surface area contributed by atoms with Crippen LogP contribution in [0.2, 0.25) is 0 Å². The van der Waals surface area contributed by atoms with Crippen molar-refractivity contribution in [2.24, 2.45) is 5.73 Å². The Bertz CT molecular complexity index is 163. The van der Waals surface area contributed by atoms with Crippen LogP contribution in [-0.4, -0.2) is 23.8 Å². The van der Waals surface area contributed by atoms with Crippen molar-refractivity contribution in [1.82, 2.24) is 5.32 Å². The highest BCUT2D eigenvalue weighted by Gasteiger charge is 2.02. The van der Waals surface area contributed by atoms with Crippen molar-refractivity contribution in [2.45, 2.75) is 57.9 Å². The van der Waals surface area contributed by atoms with Crippen molar-refractivity contribution in [3.63, 3.8) is 0 Å². The zero-order chi connectivity index (χ0) is 11.5. The molecule has 0 aliphatic rings. The topological polar surface area (TPSA) is 75.3 Å². The van der Waals surface area contributed by atoms with Crippen LogP contribution in [0.3, 0.4) is 0 Å². The van der Waals surface area contributed by atoms with Crippen molar-refractivity contribution in [3.8, 4) is 0 Å². The van der Waals surface area contributed by atoms with Crippen LogP contribution in [0.1, 0.15) is 51.9 Å². The zero-order valence-electron chi connectivity index (χ0n) is 9.67. The second kappa shape index (κ2) is 9.77. The van der Waals surface area contributed by atoms with Gasteiger partial charge in [-0.3, -0.25) is 0 Å². The molecule has 0 heterocycles. The van der Waals surface area contributed by atoms with Crippen LogP contribution in [-0.2, 0) is 0 Å². The predicted octanol–water partition coefficient (Wildman–Crippen LogP) is 2.33. The van der Waals surface area contributed by atoms with Gasteiger partial charge in [0.25, 0.3) is 0 Å². The molecule has 15 heavy (non-hydrogen) atoms. The lowest BCUT2D eigenvalue weighted by atomic mass is 10.0. The normalized spacial score (nSPS) is 12.4. The average Bonchev–Trinajstić information content (AvgIpc) is 2.17. The summed E-state index contributed by atoms with van der Waals surface area (Å²) in [5, 5.41) is 10.7. The van der Waals surface area contributed by atoms with Crippen LogP contribution in [0.5, 0.6) is 0 Å². The van der Waals surface area contributed by atoms with E-state index in [4.69, 9.17) is 10.8 Å². The fourth-order valence-corrected chi connectivity index (χ4v) is 1.52. The first kappa shape index (κ1) is 14.2. The minimum atomic E-state index is -0.967. The molecule has 90 valence electrons. The predicted molar refractivity (Wildman–Crippen MR) is 62.0 cm³/mol. The molecule has 0 rings (SSSR count). The lowest BCUT2D eigenvalue weighted by Gasteiger charge is -2.10. The van der Waals surface area contributed by atoms with Gasteiger partial charge in [-0.2, -0.15) is 0 Å². The lowest BCUT2D eigenvalue weighted by molar-refractivity contribution is 0.194. The van der Waals surface area contributed by atoms with Gasteiger partial charge in [0.2, 0.25) is 0 Å². The molecule has 0 aromatic heterocycles. The van der Waals surface area contributed by atoms with Crippen LogP contribution >= 0.6 is 0 Å². The monoisotopic (exact) mass is 216 g/mol. The van der Waals surface area contributed by atoms with Crippen LogP contribution in [0, 0.1) is 0 Å². The van der Waals surface area contributed by atoms with Crippen molar-refractivity contribution >= 4 is 6.09 Å². The van der Waals surface area contributed by atoms with Gasteiger partial charge in [0.05, 0.1) is 0 Å². The molecule has 0 aromatic rings. The number of carboxylic acid groups (broad SMARTS) is 1. The molecule has 0 aliphatic heterocycles. The van der Waals surface area contributed by atoms with Gasteiger partial charge in [-0.15, -0.1) is 0 Å². The Morgan fingerprint density at radius 1 is 1.27 bits per heavy atom. The number of hydrogen-bond donors (Lipinski definition) is 3. The SMILES string of the molecule is CCCCCCCC(N)CCNC(=O)O. The van der Waals surface area contributed by atoms with Crippen LogP contribution in [0.15, 0.2) is 0 Å². The smallest absolute Gasteiger partial charge is 0.404 e. The van der Waals surface area contributed by atoms with E-state index < -0.39 is 6.09 Å². The highest BCUT2D eigenvalue weighted by Crippen LogP contribution is 2.07. The standard InChI is InChI=1S/C11H24N2O2/c1-2-3-4-5-6-7-10(12)8-9-13-11(14)15/h10,13H,2-9,12H2,1H3,(H,14,15). The quantitative estimate of drug-likeness (QED) is 0.518. The van der Waals surface area contributed by atoms with Crippen molar-refractivity contribution in [3.05, 3.63) is 0 Å². The molecule has 0 saturated carbocycles. The summed E-state index contributed by atoms with van der Waals surface area (Å²) >= 11 is 0. The third-order valence-electron chi connectivity index (χ3n) is 2.47. The van der Waals surface area contributed by atoms with Crippen molar-refractivity contribution < 1.29 is 9.90 Å². The Hall–Kier alpha value is -0.770. The Morgan fingerprint density at radius 3 is 2.53 bits per heavy atom. The molecular weight excluding hydrogens is 192 g/mol. The van der Waals surface area contributed by atoms with Crippen molar-refractivity contribution in [2.75, 3.05) is 6.54 Å². The number of nitrogens with one attached hydrogen (secondary N) is 1. The molecule has 0 fully saturated rings. The summed E-state index contributed by atoms with van der Waals surface area (Å²) < 4.78 is 0. The largest absolute Gasteiger partial charge is 0.465 e. The van der Waals surface area contributed by atoms with Crippen LogP contribution in [0.25, 0.3) is 0 Å². The van der Waals surface area contributed by atoms with E-state index in [-0.39, 0.29) is 6.04 Å². The maximum atomic E-state index is 10.2. The Balaban J connectivity index is 3.18. The second-order valence-electron chi connectivity index (χ2n) is 3.98. The third-order valence-corrected chi connectivity index (χ3v) is 2.47. The van der Waals surface area contributed by atoms with E-state index in [1.165, 1.54) is 25.7 Å². The van der Waals surface area contributed by atoms with E-state index in [9.17, 15) is 4.79 Å². The van der Waals surface area contributed by atoms with E-state index in [0.717, 1.165) is 19.3 Å². The summed E-state index contributed by atoms with van der Waals surface area (Å²) in [5.74, 6) is 0. The molecular formula is C11H24N2O2. The average molecular weight is 216 g/mol. The fourth-order valence-electron chi connectivity index (χ4n) is 1.52. The Morgan fingerprint density at radius 2 is 1.93 bits per heavy atom. The second-order valence-corrected chi connectivity index (χ2v) is 3.98. The summed E-state index contributed by atoms with van der Waals surface area (Å²) in [6.07, 6.45) is 7.03. The molecule has 0 spiro atoms. The first-order chi connectivity index (χ1) is 7.16. The summed E-state index contributed by atoms with van der Waals surface area (Å²) in [6, 6.07) is 0.137. The highest BCUT2D eigenvalue weighted by atomic mass is 16.4. The van der Waals surface area contributed by atoms with Crippen LogP contribution in [0.4, 0.5) is 4.79 Å². The van der Waals surface area contributed by atoms with E-state index >= 15 is 0 Å². The maximum absolute atomic E-state index is 10.2. The van der Waals surface area contributed by atoms with Gasteiger partial charge in [0, 0.05) is 12.6 Å². The van der Waals surface area contributed by atoms with Gasteiger partial charge in [0.1, 0.15) is 0 Å². The maximum Gasteiger partial charge on any atom is 0.404 e. The fraction of sp³-hybridized carbons (Fsp3) is 0.909. The van der Waals surface area contributed by atoms with Gasteiger partial charge in [-0.1, -0.05) is 39.0 Å². The number of unbranched alkanes of at least 4 members (excludes halogenated alkanes) is 4. The molecule has 0 aliphatic carbocycles. The van der Waals surface area contributed by atoms with Gasteiger partial charge in [-0.25, -0.2) is 4.79 Å². The van der Waals surface area contributed by atoms with Gasteiger partial charge in [0.15, 0.2) is 0 Å². The molecule has 0 radical (unpaired) electrons. The number of rotatable bonds is 9. The minimum absolute atomic E-state index is 0.137. The van der Waals surface area contributed by atoms with Crippen molar-refractivity contribution in [1.29, 1.82) is 0 Å². The van der Waals surface area contributed by atoms with E-state index in [1.54, 1.807) is 0 Å². The van der Waals surface area contributed by atoms with Crippen LogP contribution < -0.4 is 11.1 Å². The van der Waals surface area contributed by atoms with Gasteiger partial charge in [-0.05, 0) is 12.8 Å². The molecule has 4 heteroatoms. The zero-order valence-corrected chi connectivity index (χ0v) is 9.67. The first-order valence-corrected chi connectivity index (χ1v) is 5.89. The van der Waals surface area contributed by atoms with E-state index in [2.05, 4.69) is 12.2 Å². The molecule has 4 N–H and O–H groups in total. The molecule has 1 unspecified atom stereocenters. The van der Waals surface area contributed by atoms with E-state index in [0.29, 0.717) is 6.54 Å². The molecule has 0 aromatic carbocycles. The summed E-state index contributed by atoms with van der Waals surface area (Å²) in [5.41, 5.74) is 5.84. The molecule has 0 saturated heterocycles.